The smallest absolute Gasteiger partial charge is 0.313 e. The largest absolute Gasteiger partial charge is 0.481 e. The summed E-state index contributed by atoms with van der Waals surface area (Å²) >= 11 is 0. The number of hydrogen-bond donors (Lipinski definition) is 2. The molecule has 3 nitrogen and oxygen atoms in total. The number of halogens is 1. The van der Waals surface area contributed by atoms with Gasteiger partial charge in [-0.3, -0.25) is 4.79 Å². The minimum Gasteiger partial charge on any atom is -0.481 e. The number of aliphatic hydroxyl groups is 1. The predicted molar refractivity (Wildman–Crippen MR) is 62.5 cm³/mol. The fourth-order valence-electron chi connectivity index (χ4n) is 1.69. The van der Waals surface area contributed by atoms with Crippen LogP contribution in [0, 0.1) is 5.82 Å². The maximum Gasteiger partial charge on any atom is 0.313 e. The predicted octanol–water partition coefficient (Wildman–Crippen LogP) is 2.11. The molecule has 0 bridgehead atoms. The first-order valence-corrected chi connectivity index (χ1v) is 5.59. The molecular formula is C13H17FO3. The number of aliphatic hydroxyl groups excluding tert-OH is 1. The Bertz CT molecular complexity index is 417. The minimum absolute atomic E-state index is 0.125. The zero-order valence-corrected chi connectivity index (χ0v) is 10.0. The minimum atomic E-state index is -1.07. The van der Waals surface area contributed by atoms with Crippen molar-refractivity contribution < 1.29 is 19.4 Å². The normalized spacial score (nSPS) is 14.4. The molecule has 0 spiro atoms. The van der Waals surface area contributed by atoms with Crippen molar-refractivity contribution in [3.05, 3.63) is 35.1 Å². The van der Waals surface area contributed by atoms with Crippen molar-refractivity contribution in [3.8, 4) is 0 Å². The summed E-state index contributed by atoms with van der Waals surface area (Å²) in [5.74, 6) is -1.42. The zero-order chi connectivity index (χ0) is 13.1. The van der Waals surface area contributed by atoms with Crippen molar-refractivity contribution in [1.29, 1.82) is 0 Å². The first-order valence-electron chi connectivity index (χ1n) is 5.59. The van der Waals surface area contributed by atoms with Gasteiger partial charge in [-0.05, 0) is 37.0 Å². The number of aliphatic carboxylic acids is 1. The summed E-state index contributed by atoms with van der Waals surface area (Å²) in [6.07, 6.45) is 0.628. The van der Waals surface area contributed by atoms with Crippen LogP contribution in [-0.4, -0.2) is 22.8 Å². The molecule has 94 valence electrons. The van der Waals surface area contributed by atoms with Crippen LogP contribution in [-0.2, 0) is 16.6 Å². The van der Waals surface area contributed by atoms with E-state index in [1.807, 2.05) is 0 Å². The van der Waals surface area contributed by atoms with E-state index in [1.54, 1.807) is 19.9 Å². The highest BCUT2D eigenvalue weighted by Gasteiger charge is 2.33. The van der Waals surface area contributed by atoms with Crippen LogP contribution >= 0.6 is 0 Å². The molecule has 0 amide bonds. The topological polar surface area (TPSA) is 57.5 Å². The van der Waals surface area contributed by atoms with Gasteiger partial charge in [0.05, 0.1) is 5.41 Å². The average molecular weight is 240 g/mol. The Balaban J connectivity index is 3.16. The van der Waals surface area contributed by atoms with Crippen LogP contribution in [0.25, 0.3) is 0 Å². The standard InChI is InChI=1S/C13H17FO3/c1-3-13(2,12(16)17)10-5-4-9(6-7-15)11(14)8-10/h4-5,8,15H,3,6-7H2,1-2H3,(H,16,17). The number of carbonyl (C=O) groups is 1. The van der Waals surface area contributed by atoms with E-state index >= 15 is 0 Å². The summed E-state index contributed by atoms with van der Waals surface area (Å²) in [4.78, 5) is 11.2. The quantitative estimate of drug-likeness (QED) is 0.828. The van der Waals surface area contributed by atoms with Crippen LogP contribution in [0.4, 0.5) is 4.39 Å². The van der Waals surface area contributed by atoms with Gasteiger partial charge in [-0.15, -0.1) is 0 Å². The van der Waals surface area contributed by atoms with Gasteiger partial charge in [0, 0.05) is 6.61 Å². The van der Waals surface area contributed by atoms with Crippen molar-refractivity contribution >= 4 is 5.97 Å². The average Bonchev–Trinajstić information content (AvgIpc) is 2.30. The molecule has 1 rings (SSSR count). The molecule has 1 atom stereocenters. The summed E-state index contributed by atoms with van der Waals surface area (Å²) in [6, 6.07) is 4.41. The van der Waals surface area contributed by atoms with Crippen molar-refractivity contribution in [1.82, 2.24) is 0 Å². The molecule has 0 aromatic heterocycles. The third-order valence-electron chi connectivity index (χ3n) is 3.25. The fourth-order valence-corrected chi connectivity index (χ4v) is 1.69. The lowest BCUT2D eigenvalue weighted by Crippen LogP contribution is -2.31. The van der Waals surface area contributed by atoms with Gasteiger partial charge in [0.25, 0.3) is 0 Å². The van der Waals surface area contributed by atoms with E-state index in [0.717, 1.165) is 0 Å². The van der Waals surface area contributed by atoms with Gasteiger partial charge in [-0.2, -0.15) is 0 Å². The molecule has 1 aromatic carbocycles. The first-order chi connectivity index (χ1) is 7.95. The van der Waals surface area contributed by atoms with E-state index in [0.29, 0.717) is 17.5 Å². The monoisotopic (exact) mass is 240 g/mol. The molecule has 1 aromatic rings. The number of carboxylic acids is 1. The Morgan fingerprint density at radius 1 is 1.47 bits per heavy atom. The Hall–Kier alpha value is -1.42. The van der Waals surface area contributed by atoms with Gasteiger partial charge in [-0.25, -0.2) is 4.39 Å². The van der Waals surface area contributed by atoms with Gasteiger partial charge in [-0.1, -0.05) is 19.1 Å². The van der Waals surface area contributed by atoms with Crippen LogP contribution in [0.5, 0.6) is 0 Å². The van der Waals surface area contributed by atoms with E-state index in [9.17, 15) is 14.3 Å². The lowest BCUT2D eigenvalue weighted by atomic mass is 9.80. The van der Waals surface area contributed by atoms with E-state index in [2.05, 4.69) is 0 Å². The summed E-state index contributed by atoms with van der Waals surface area (Å²) in [5, 5.41) is 17.9. The Morgan fingerprint density at radius 2 is 2.12 bits per heavy atom. The van der Waals surface area contributed by atoms with Gasteiger partial charge < -0.3 is 10.2 Å². The van der Waals surface area contributed by atoms with Gasteiger partial charge in [0.15, 0.2) is 0 Å². The third-order valence-corrected chi connectivity index (χ3v) is 3.25. The molecule has 4 heteroatoms. The molecule has 0 aliphatic heterocycles. The fraction of sp³-hybridized carbons (Fsp3) is 0.462. The molecule has 2 N–H and O–H groups in total. The lowest BCUT2D eigenvalue weighted by molar-refractivity contribution is -0.143. The number of hydrogen-bond acceptors (Lipinski definition) is 2. The van der Waals surface area contributed by atoms with Crippen molar-refractivity contribution in [2.75, 3.05) is 6.61 Å². The molecule has 0 aliphatic carbocycles. The SMILES string of the molecule is CCC(C)(C(=O)O)c1ccc(CCO)c(F)c1. The molecule has 0 fully saturated rings. The van der Waals surface area contributed by atoms with Crippen molar-refractivity contribution in [2.24, 2.45) is 0 Å². The molecule has 1 unspecified atom stereocenters. The van der Waals surface area contributed by atoms with E-state index in [1.165, 1.54) is 12.1 Å². The molecular weight excluding hydrogens is 223 g/mol. The van der Waals surface area contributed by atoms with Crippen molar-refractivity contribution in [3.63, 3.8) is 0 Å². The highest BCUT2D eigenvalue weighted by atomic mass is 19.1. The molecule has 0 saturated carbocycles. The summed E-state index contributed by atoms with van der Waals surface area (Å²) in [6.45, 7) is 3.21. The van der Waals surface area contributed by atoms with Gasteiger partial charge >= 0.3 is 5.97 Å². The maximum absolute atomic E-state index is 13.7. The number of carboxylic acid groups (broad SMARTS) is 1. The number of rotatable bonds is 5. The summed E-state index contributed by atoms with van der Waals surface area (Å²) in [5.41, 5.74) is -0.217. The van der Waals surface area contributed by atoms with Crippen LogP contribution in [0.1, 0.15) is 31.4 Å². The van der Waals surface area contributed by atoms with Gasteiger partial charge in [0.2, 0.25) is 0 Å². The highest BCUT2D eigenvalue weighted by molar-refractivity contribution is 5.80. The molecule has 0 radical (unpaired) electrons. The second-order valence-corrected chi connectivity index (χ2v) is 4.27. The molecule has 0 aliphatic rings. The van der Waals surface area contributed by atoms with Crippen LogP contribution in [0.3, 0.4) is 0 Å². The summed E-state index contributed by atoms with van der Waals surface area (Å²) < 4.78 is 13.7. The van der Waals surface area contributed by atoms with Crippen molar-refractivity contribution in [2.45, 2.75) is 32.1 Å². The maximum atomic E-state index is 13.7. The second-order valence-electron chi connectivity index (χ2n) is 4.27. The molecule has 17 heavy (non-hydrogen) atoms. The van der Waals surface area contributed by atoms with Crippen LogP contribution in [0.15, 0.2) is 18.2 Å². The number of benzene rings is 1. The molecule has 0 heterocycles. The Morgan fingerprint density at radius 3 is 2.53 bits per heavy atom. The zero-order valence-electron chi connectivity index (χ0n) is 10.0. The molecule has 0 saturated heterocycles. The Kier molecular flexibility index (Phi) is 4.23. The second kappa shape index (κ2) is 5.27. The highest BCUT2D eigenvalue weighted by Crippen LogP contribution is 2.29. The van der Waals surface area contributed by atoms with Crippen LogP contribution < -0.4 is 0 Å². The van der Waals surface area contributed by atoms with E-state index in [-0.39, 0.29) is 13.0 Å². The third kappa shape index (κ3) is 2.64. The summed E-state index contributed by atoms with van der Waals surface area (Å²) in [7, 11) is 0. The lowest BCUT2D eigenvalue weighted by Gasteiger charge is -2.24. The van der Waals surface area contributed by atoms with E-state index in [4.69, 9.17) is 5.11 Å². The Labute approximate surface area is 99.9 Å². The first kappa shape index (κ1) is 13.6. The van der Waals surface area contributed by atoms with Crippen LogP contribution in [0.2, 0.25) is 0 Å². The van der Waals surface area contributed by atoms with E-state index < -0.39 is 17.2 Å². The van der Waals surface area contributed by atoms with Gasteiger partial charge in [0.1, 0.15) is 5.82 Å².